The maximum Gasteiger partial charge on any atom is 0.451 e. The van der Waals surface area contributed by atoms with Gasteiger partial charge in [0, 0.05) is 12.1 Å². The summed E-state index contributed by atoms with van der Waals surface area (Å²) in [5.74, 6) is -1.01. The van der Waals surface area contributed by atoms with E-state index in [0.29, 0.717) is 6.54 Å². The SMILES string of the molecule is C=C(C)C(=O)OS(=O)(=O)OCCN(CC)CC. The first-order valence-electron chi connectivity index (χ1n) is 5.33. The molecule has 0 saturated heterocycles. The maximum atomic E-state index is 11.2. The first-order valence-corrected chi connectivity index (χ1v) is 6.66. The van der Waals surface area contributed by atoms with Crippen LogP contribution in [-0.2, 0) is 23.6 Å². The van der Waals surface area contributed by atoms with E-state index in [9.17, 15) is 13.2 Å². The molecular weight excluding hydrogens is 246 g/mol. The molecule has 0 aliphatic rings. The normalized spacial score (nSPS) is 11.5. The second-order valence-corrected chi connectivity index (χ2v) is 4.63. The van der Waals surface area contributed by atoms with Crippen LogP contribution >= 0.6 is 0 Å². The second kappa shape index (κ2) is 7.41. The number of hydrogen-bond acceptors (Lipinski definition) is 6. The Hall–Kier alpha value is -0.920. The fourth-order valence-electron chi connectivity index (χ4n) is 0.996. The van der Waals surface area contributed by atoms with E-state index in [1.54, 1.807) is 0 Å². The second-order valence-electron chi connectivity index (χ2n) is 3.41. The molecule has 0 rings (SSSR count). The molecule has 0 aliphatic carbocycles. The van der Waals surface area contributed by atoms with E-state index in [-0.39, 0.29) is 12.2 Å². The predicted octanol–water partition coefficient (Wildman–Crippen LogP) is 0.709. The highest BCUT2D eigenvalue weighted by Crippen LogP contribution is 2.02. The minimum atomic E-state index is -4.27. The van der Waals surface area contributed by atoms with Crippen molar-refractivity contribution in [1.82, 2.24) is 4.90 Å². The maximum absolute atomic E-state index is 11.2. The predicted molar refractivity (Wildman–Crippen MR) is 63.6 cm³/mol. The summed E-state index contributed by atoms with van der Waals surface area (Å²) in [7, 11) is -4.27. The molecular formula is C10H19NO5S. The number of nitrogens with zero attached hydrogens (tertiary/aromatic N) is 1. The molecule has 0 fully saturated rings. The topological polar surface area (TPSA) is 72.9 Å². The molecule has 7 heteroatoms. The average Bonchev–Trinajstić information content (AvgIpc) is 2.23. The smallest absolute Gasteiger partial charge is 0.320 e. The molecule has 0 saturated carbocycles. The Balaban J connectivity index is 4.11. The van der Waals surface area contributed by atoms with Crippen LogP contribution in [0.4, 0.5) is 0 Å². The van der Waals surface area contributed by atoms with Crippen LogP contribution in [0.3, 0.4) is 0 Å². The highest BCUT2D eigenvalue weighted by atomic mass is 32.3. The van der Waals surface area contributed by atoms with Gasteiger partial charge >= 0.3 is 16.4 Å². The van der Waals surface area contributed by atoms with Gasteiger partial charge in [0.05, 0.1) is 6.61 Å². The molecule has 0 aliphatic heterocycles. The van der Waals surface area contributed by atoms with Crippen LogP contribution in [0.15, 0.2) is 12.2 Å². The summed E-state index contributed by atoms with van der Waals surface area (Å²) in [6, 6.07) is 0. The van der Waals surface area contributed by atoms with Crippen LogP contribution in [-0.4, -0.2) is 45.5 Å². The van der Waals surface area contributed by atoms with E-state index in [2.05, 4.69) is 14.9 Å². The Morgan fingerprint density at radius 1 is 1.29 bits per heavy atom. The number of carbonyl (C=O) groups is 1. The lowest BCUT2D eigenvalue weighted by atomic mass is 10.4. The van der Waals surface area contributed by atoms with Crippen LogP contribution in [0, 0.1) is 0 Å². The summed E-state index contributed by atoms with van der Waals surface area (Å²) >= 11 is 0. The van der Waals surface area contributed by atoms with Gasteiger partial charge in [-0.05, 0) is 20.0 Å². The monoisotopic (exact) mass is 265 g/mol. The molecule has 0 aromatic rings. The van der Waals surface area contributed by atoms with Crippen LogP contribution in [0.5, 0.6) is 0 Å². The highest BCUT2D eigenvalue weighted by molar-refractivity contribution is 7.82. The van der Waals surface area contributed by atoms with Gasteiger partial charge in [0.15, 0.2) is 0 Å². The number of carbonyl (C=O) groups excluding carboxylic acids is 1. The van der Waals surface area contributed by atoms with E-state index < -0.39 is 16.4 Å². The molecule has 0 amide bonds. The molecule has 100 valence electrons. The van der Waals surface area contributed by atoms with Crippen molar-refractivity contribution in [2.75, 3.05) is 26.2 Å². The van der Waals surface area contributed by atoms with Crippen molar-refractivity contribution in [2.45, 2.75) is 20.8 Å². The number of rotatable bonds is 8. The van der Waals surface area contributed by atoms with Gasteiger partial charge in [-0.25, -0.2) is 8.98 Å². The van der Waals surface area contributed by atoms with Crippen molar-refractivity contribution < 1.29 is 21.6 Å². The van der Waals surface area contributed by atoms with Crippen molar-refractivity contribution in [1.29, 1.82) is 0 Å². The van der Waals surface area contributed by atoms with Gasteiger partial charge in [0.1, 0.15) is 0 Å². The summed E-state index contributed by atoms with van der Waals surface area (Å²) in [6.07, 6.45) is 0. The summed E-state index contributed by atoms with van der Waals surface area (Å²) in [4.78, 5) is 13.0. The molecule has 0 radical (unpaired) electrons. The van der Waals surface area contributed by atoms with Crippen molar-refractivity contribution in [3.05, 3.63) is 12.2 Å². The van der Waals surface area contributed by atoms with Crippen molar-refractivity contribution >= 4 is 16.4 Å². The zero-order chi connectivity index (χ0) is 13.5. The fraction of sp³-hybridized carbons (Fsp3) is 0.700. The Morgan fingerprint density at radius 3 is 2.24 bits per heavy atom. The van der Waals surface area contributed by atoms with Crippen molar-refractivity contribution in [3.63, 3.8) is 0 Å². The minimum Gasteiger partial charge on any atom is -0.320 e. The number of hydrogen-bond donors (Lipinski definition) is 0. The van der Waals surface area contributed by atoms with Gasteiger partial charge < -0.3 is 9.08 Å². The van der Waals surface area contributed by atoms with Gasteiger partial charge in [0.25, 0.3) is 0 Å². The molecule has 0 bridgehead atoms. The molecule has 0 atom stereocenters. The molecule has 0 aromatic heterocycles. The largest absolute Gasteiger partial charge is 0.451 e. The van der Waals surface area contributed by atoms with Gasteiger partial charge in [-0.3, -0.25) is 0 Å². The lowest BCUT2D eigenvalue weighted by Crippen LogP contribution is -2.28. The standard InChI is InChI=1S/C10H19NO5S/c1-5-11(6-2)7-8-15-17(13,14)16-10(12)9(3)4/h3,5-8H2,1-2,4H3. The highest BCUT2D eigenvalue weighted by Gasteiger charge is 2.18. The first-order chi connectivity index (χ1) is 7.82. The molecule has 0 N–H and O–H groups in total. The Labute approximate surface area is 103 Å². The van der Waals surface area contributed by atoms with Gasteiger partial charge in [-0.15, -0.1) is 0 Å². The average molecular weight is 265 g/mol. The van der Waals surface area contributed by atoms with Crippen LogP contribution in [0.2, 0.25) is 0 Å². The van der Waals surface area contributed by atoms with E-state index >= 15 is 0 Å². The molecule has 6 nitrogen and oxygen atoms in total. The van der Waals surface area contributed by atoms with E-state index in [4.69, 9.17) is 0 Å². The van der Waals surface area contributed by atoms with Gasteiger partial charge in [-0.2, -0.15) is 8.42 Å². The van der Waals surface area contributed by atoms with Gasteiger partial charge in [-0.1, -0.05) is 20.4 Å². The third kappa shape index (κ3) is 7.09. The van der Waals surface area contributed by atoms with Gasteiger partial charge in [0.2, 0.25) is 0 Å². The molecule has 17 heavy (non-hydrogen) atoms. The van der Waals surface area contributed by atoms with Crippen LogP contribution < -0.4 is 0 Å². The lowest BCUT2D eigenvalue weighted by molar-refractivity contribution is -0.130. The Bertz CT molecular complexity index is 359. The molecule has 0 spiro atoms. The minimum absolute atomic E-state index is 0.000850. The zero-order valence-corrected chi connectivity index (χ0v) is 11.2. The lowest BCUT2D eigenvalue weighted by Gasteiger charge is -2.17. The molecule has 0 heterocycles. The number of likely N-dealkylation sites (N-methyl/N-ethyl adjacent to an activating group) is 1. The third-order valence-electron chi connectivity index (χ3n) is 2.06. The van der Waals surface area contributed by atoms with E-state index in [0.717, 1.165) is 13.1 Å². The summed E-state index contributed by atoms with van der Waals surface area (Å²) < 4.78 is 31.0. The molecule has 0 unspecified atom stereocenters. The van der Waals surface area contributed by atoms with E-state index in [1.807, 2.05) is 18.7 Å². The van der Waals surface area contributed by atoms with Crippen molar-refractivity contribution in [3.8, 4) is 0 Å². The Morgan fingerprint density at radius 2 is 1.82 bits per heavy atom. The Kier molecular flexibility index (Phi) is 7.01. The van der Waals surface area contributed by atoms with Crippen LogP contribution in [0.25, 0.3) is 0 Å². The van der Waals surface area contributed by atoms with E-state index in [1.165, 1.54) is 6.92 Å². The van der Waals surface area contributed by atoms with Crippen LogP contribution in [0.1, 0.15) is 20.8 Å². The molecule has 0 aromatic carbocycles. The first kappa shape index (κ1) is 16.1. The zero-order valence-electron chi connectivity index (χ0n) is 10.4. The fourth-order valence-corrected chi connectivity index (χ4v) is 1.65. The summed E-state index contributed by atoms with van der Waals surface area (Å²) in [5.41, 5.74) is 0.000850. The third-order valence-corrected chi connectivity index (χ3v) is 2.87. The quantitative estimate of drug-likeness (QED) is 0.602. The summed E-state index contributed by atoms with van der Waals surface area (Å²) in [5, 5.41) is 0. The summed E-state index contributed by atoms with van der Waals surface area (Å²) in [6.45, 7) is 10.5. The van der Waals surface area contributed by atoms with Crippen molar-refractivity contribution in [2.24, 2.45) is 0 Å².